The number of carbonyl (C=O) groups excluding carboxylic acids is 1. The number of pyridine rings is 1. The predicted octanol–water partition coefficient (Wildman–Crippen LogP) is 6.90. The first kappa shape index (κ1) is 22.8. The molecule has 32 heavy (non-hydrogen) atoms. The van der Waals surface area contributed by atoms with Crippen LogP contribution in [0.15, 0.2) is 47.2 Å². The number of nitrogens with zero attached hydrogens (tertiary/aromatic N) is 3. The first-order valence-corrected chi connectivity index (χ1v) is 12.4. The Balaban J connectivity index is 1.88. The molecule has 4 rings (SSSR count). The molecule has 0 aliphatic heterocycles. The lowest BCUT2D eigenvalue weighted by molar-refractivity contribution is 0.245. The molecule has 1 aromatic carbocycles. The zero-order chi connectivity index (χ0) is 23.0. The molecule has 0 atom stereocenters. The number of hydrogen-bond acceptors (Lipinski definition) is 2. The van der Waals surface area contributed by atoms with Crippen molar-refractivity contribution < 1.29 is 4.79 Å². The number of benzene rings is 1. The Bertz CT molecular complexity index is 1100. The maximum absolute atomic E-state index is 13.0. The van der Waals surface area contributed by atoms with Gasteiger partial charge < -0.3 is 10.3 Å². The van der Waals surface area contributed by atoms with Crippen LogP contribution in [0.1, 0.15) is 76.3 Å². The van der Waals surface area contributed by atoms with Gasteiger partial charge >= 0.3 is 6.03 Å². The Kier molecular flexibility index (Phi) is 6.35. The summed E-state index contributed by atoms with van der Waals surface area (Å²) in [4.78, 5) is 19.5. The predicted molar refractivity (Wildman–Crippen MR) is 135 cm³/mol. The van der Waals surface area contributed by atoms with Crippen LogP contribution in [-0.2, 0) is 5.54 Å². The van der Waals surface area contributed by atoms with Crippen LogP contribution in [-0.4, -0.2) is 22.1 Å². The molecule has 2 heterocycles. The number of carbonyl (C=O) groups is 1. The van der Waals surface area contributed by atoms with Crippen molar-refractivity contribution in [1.82, 2.24) is 9.55 Å². The van der Waals surface area contributed by atoms with E-state index in [2.05, 4.69) is 78.7 Å². The number of nitrogens with two attached hydrogens (primary N) is 1. The molecule has 5 nitrogen and oxygen atoms in total. The lowest BCUT2D eigenvalue weighted by Crippen LogP contribution is -2.48. The number of anilines is 1. The van der Waals surface area contributed by atoms with E-state index in [1.54, 1.807) is 0 Å². The second kappa shape index (κ2) is 8.89. The Morgan fingerprint density at radius 3 is 2.31 bits per heavy atom. The van der Waals surface area contributed by atoms with Gasteiger partial charge in [-0.05, 0) is 63.9 Å². The Labute approximate surface area is 199 Å². The summed E-state index contributed by atoms with van der Waals surface area (Å²) in [5.74, 6) is 0.571. The molecule has 0 spiro atoms. The number of amides is 2. The zero-order valence-corrected chi connectivity index (χ0v) is 21.0. The summed E-state index contributed by atoms with van der Waals surface area (Å²) in [6.07, 6.45) is 8.21. The molecule has 1 aliphatic carbocycles. The molecule has 0 saturated heterocycles. The van der Waals surface area contributed by atoms with E-state index in [0.29, 0.717) is 6.54 Å². The molecule has 2 N–H and O–H groups in total. The molecule has 0 radical (unpaired) electrons. The van der Waals surface area contributed by atoms with Gasteiger partial charge in [-0.15, -0.1) is 0 Å². The van der Waals surface area contributed by atoms with Crippen LogP contribution in [0, 0.1) is 0 Å². The zero-order valence-electron chi connectivity index (χ0n) is 19.4. The van der Waals surface area contributed by atoms with E-state index in [9.17, 15) is 4.79 Å². The minimum Gasteiger partial charge on any atom is -0.351 e. The van der Waals surface area contributed by atoms with Gasteiger partial charge in [-0.25, -0.2) is 9.78 Å². The lowest BCUT2D eigenvalue weighted by atomic mass is 9.90. The summed E-state index contributed by atoms with van der Waals surface area (Å²) in [5, 5.41) is 1.09. The van der Waals surface area contributed by atoms with Crippen molar-refractivity contribution in [3.8, 4) is 0 Å². The number of para-hydroxylation sites is 1. The summed E-state index contributed by atoms with van der Waals surface area (Å²) in [5.41, 5.74) is 10.1. The molecule has 1 aliphatic rings. The maximum Gasteiger partial charge on any atom is 0.319 e. The minimum absolute atomic E-state index is 0.244. The first-order valence-electron chi connectivity index (χ1n) is 11.6. The fraction of sp³-hybridized carbons (Fsp3) is 0.462. The SMILES string of the molecule is CC(C)c1cccc(C(C)C)c1N(CC1(n2cc(Br)c3cccnc32)CCCC1)C(N)=O. The molecule has 2 aromatic heterocycles. The number of primary amides is 1. The molecule has 0 bridgehead atoms. The molecule has 170 valence electrons. The average molecular weight is 497 g/mol. The third kappa shape index (κ3) is 3.94. The van der Waals surface area contributed by atoms with Crippen LogP contribution < -0.4 is 10.6 Å². The fourth-order valence-corrected chi connectivity index (χ4v) is 5.79. The number of aromatic nitrogens is 2. The van der Waals surface area contributed by atoms with Gasteiger partial charge in [0.1, 0.15) is 5.65 Å². The summed E-state index contributed by atoms with van der Waals surface area (Å²) >= 11 is 3.72. The quantitative estimate of drug-likeness (QED) is 0.403. The number of fused-ring (bicyclic) bond motifs is 1. The van der Waals surface area contributed by atoms with Crippen LogP contribution in [0.4, 0.5) is 10.5 Å². The van der Waals surface area contributed by atoms with Crippen LogP contribution in [0.2, 0.25) is 0 Å². The Morgan fingerprint density at radius 2 is 1.75 bits per heavy atom. The highest BCUT2D eigenvalue weighted by atomic mass is 79.9. The molecular formula is C26H33BrN4O. The van der Waals surface area contributed by atoms with Crippen molar-refractivity contribution in [2.75, 3.05) is 11.4 Å². The van der Waals surface area contributed by atoms with Crippen molar-refractivity contribution in [1.29, 1.82) is 0 Å². The van der Waals surface area contributed by atoms with E-state index < -0.39 is 6.03 Å². The third-order valence-corrected chi connectivity index (χ3v) is 7.52. The van der Waals surface area contributed by atoms with Crippen LogP contribution in [0.5, 0.6) is 0 Å². The van der Waals surface area contributed by atoms with Gasteiger partial charge in [0, 0.05) is 22.3 Å². The van der Waals surface area contributed by atoms with Crippen molar-refractivity contribution in [3.63, 3.8) is 0 Å². The molecule has 1 saturated carbocycles. The van der Waals surface area contributed by atoms with Crippen molar-refractivity contribution in [3.05, 3.63) is 58.3 Å². The summed E-state index contributed by atoms with van der Waals surface area (Å²) in [6, 6.07) is 10.0. The second-order valence-corrected chi connectivity index (χ2v) is 10.5. The monoisotopic (exact) mass is 496 g/mol. The van der Waals surface area contributed by atoms with Crippen molar-refractivity contribution in [2.24, 2.45) is 5.73 Å². The Hall–Kier alpha value is -2.34. The summed E-state index contributed by atoms with van der Waals surface area (Å²) < 4.78 is 3.32. The minimum atomic E-state index is -0.394. The number of rotatable bonds is 6. The van der Waals surface area contributed by atoms with Crippen molar-refractivity contribution >= 4 is 38.7 Å². The van der Waals surface area contributed by atoms with E-state index in [1.807, 2.05) is 17.2 Å². The molecule has 0 unspecified atom stereocenters. The standard InChI is InChI=1S/C26H33BrN4O/c1-17(2)19-9-7-10-20(18(3)4)23(19)30(25(28)32)16-26(12-5-6-13-26)31-15-22(27)21-11-8-14-29-24(21)31/h7-11,14-15,17-18H,5-6,12-13,16H2,1-4H3,(H2,28,32). The Morgan fingerprint density at radius 1 is 1.12 bits per heavy atom. The van der Waals surface area contributed by atoms with E-state index in [0.717, 1.165) is 46.9 Å². The largest absolute Gasteiger partial charge is 0.351 e. The van der Waals surface area contributed by atoms with E-state index in [1.165, 1.54) is 11.1 Å². The first-order chi connectivity index (χ1) is 15.2. The smallest absolute Gasteiger partial charge is 0.319 e. The second-order valence-electron chi connectivity index (χ2n) is 9.67. The third-order valence-electron chi connectivity index (χ3n) is 6.89. The van der Waals surface area contributed by atoms with Gasteiger partial charge in [0.15, 0.2) is 0 Å². The van der Waals surface area contributed by atoms with Gasteiger partial charge in [-0.1, -0.05) is 58.7 Å². The van der Waals surface area contributed by atoms with Gasteiger partial charge in [-0.3, -0.25) is 4.90 Å². The molecule has 1 fully saturated rings. The molecular weight excluding hydrogens is 464 g/mol. The lowest BCUT2D eigenvalue weighted by Gasteiger charge is -2.38. The normalized spacial score (nSPS) is 15.7. The van der Waals surface area contributed by atoms with Crippen molar-refractivity contribution in [2.45, 2.75) is 70.8 Å². The molecule has 6 heteroatoms. The van der Waals surface area contributed by atoms with Crippen LogP contribution in [0.3, 0.4) is 0 Å². The van der Waals surface area contributed by atoms with E-state index in [4.69, 9.17) is 10.7 Å². The highest BCUT2D eigenvalue weighted by Crippen LogP contribution is 2.44. The van der Waals surface area contributed by atoms with Crippen LogP contribution in [0.25, 0.3) is 11.0 Å². The highest BCUT2D eigenvalue weighted by molar-refractivity contribution is 9.10. The topological polar surface area (TPSA) is 64.2 Å². The highest BCUT2D eigenvalue weighted by Gasteiger charge is 2.41. The van der Waals surface area contributed by atoms with Gasteiger partial charge in [0.25, 0.3) is 0 Å². The number of urea groups is 1. The number of hydrogen-bond donors (Lipinski definition) is 1. The van der Waals surface area contributed by atoms with Crippen LogP contribution >= 0.6 is 15.9 Å². The van der Waals surface area contributed by atoms with Gasteiger partial charge in [0.2, 0.25) is 0 Å². The number of halogens is 1. The van der Waals surface area contributed by atoms with E-state index >= 15 is 0 Å². The summed E-state index contributed by atoms with van der Waals surface area (Å²) in [6.45, 7) is 9.24. The maximum atomic E-state index is 13.0. The fourth-order valence-electron chi connectivity index (χ4n) is 5.27. The van der Waals surface area contributed by atoms with E-state index in [-0.39, 0.29) is 17.4 Å². The van der Waals surface area contributed by atoms with Gasteiger partial charge in [0.05, 0.1) is 17.8 Å². The molecule has 3 aromatic rings. The molecule has 2 amide bonds. The average Bonchev–Trinajstić information content (AvgIpc) is 3.37. The summed E-state index contributed by atoms with van der Waals surface area (Å²) in [7, 11) is 0. The van der Waals surface area contributed by atoms with Gasteiger partial charge in [-0.2, -0.15) is 0 Å².